The van der Waals surface area contributed by atoms with Crippen LogP contribution in [0.2, 0.25) is 5.02 Å². The van der Waals surface area contributed by atoms with Crippen LogP contribution in [0.1, 0.15) is 0 Å². The molecule has 2 heterocycles. The highest BCUT2D eigenvalue weighted by Crippen LogP contribution is 2.30. The van der Waals surface area contributed by atoms with Gasteiger partial charge < -0.3 is 9.80 Å². The molecule has 0 saturated carbocycles. The fraction of sp³-hybridized carbons (Fsp3) is 0.333. The number of benzene rings is 1. The van der Waals surface area contributed by atoms with Crippen LogP contribution in [0.4, 0.5) is 5.13 Å². The molecule has 1 amide bonds. The summed E-state index contributed by atoms with van der Waals surface area (Å²) in [4.78, 5) is 20.0. The Bertz CT molecular complexity index is 612. The van der Waals surface area contributed by atoms with Gasteiger partial charge in [0.15, 0.2) is 5.13 Å². The van der Waals surface area contributed by atoms with E-state index in [1.54, 1.807) is 16.2 Å². The molecular weight excluding hydrogens is 270 g/mol. The van der Waals surface area contributed by atoms with Crippen molar-refractivity contribution < 1.29 is 4.79 Å². The first-order valence-corrected chi connectivity index (χ1v) is 6.88. The number of rotatable bonds is 1. The lowest BCUT2D eigenvalue weighted by atomic mass is 10.3. The average Bonchev–Trinajstić information content (AvgIpc) is 2.75. The lowest BCUT2D eigenvalue weighted by Crippen LogP contribution is -2.48. The SMILES string of the molecule is CN1CCN(c2nc3cc(Cl)ccc3s2)CC1=O. The van der Waals surface area contributed by atoms with Gasteiger partial charge in [0.1, 0.15) is 0 Å². The number of nitrogens with zero attached hydrogens (tertiary/aromatic N) is 3. The first-order chi connectivity index (χ1) is 8.63. The first kappa shape index (κ1) is 11.7. The molecule has 94 valence electrons. The Labute approximate surface area is 114 Å². The molecule has 18 heavy (non-hydrogen) atoms. The fourth-order valence-electron chi connectivity index (χ4n) is 1.95. The Morgan fingerprint density at radius 3 is 3.00 bits per heavy atom. The first-order valence-electron chi connectivity index (χ1n) is 5.68. The zero-order valence-corrected chi connectivity index (χ0v) is 11.5. The van der Waals surface area contributed by atoms with Crippen LogP contribution in [-0.2, 0) is 4.79 Å². The number of halogens is 1. The minimum atomic E-state index is 0.138. The molecule has 0 N–H and O–H groups in total. The average molecular weight is 282 g/mol. The van der Waals surface area contributed by atoms with Crippen LogP contribution in [0.25, 0.3) is 10.2 Å². The van der Waals surface area contributed by atoms with Gasteiger partial charge in [-0.2, -0.15) is 0 Å². The Morgan fingerprint density at radius 2 is 2.22 bits per heavy atom. The zero-order valence-electron chi connectivity index (χ0n) is 9.89. The summed E-state index contributed by atoms with van der Waals surface area (Å²) in [6.07, 6.45) is 0. The van der Waals surface area contributed by atoms with Crippen molar-refractivity contribution in [2.45, 2.75) is 0 Å². The number of thiazole rings is 1. The molecule has 1 saturated heterocycles. The lowest BCUT2D eigenvalue weighted by Gasteiger charge is -2.31. The summed E-state index contributed by atoms with van der Waals surface area (Å²) in [5.74, 6) is 0.138. The zero-order chi connectivity index (χ0) is 12.7. The second-order valence-corrected chi connectivity index (χ2v) is 5.79. The van der Waals surface area contributed by atoms with Gasteiger partial charge in [-0.05, 0) is 18.2 Å². The minimum Gasteiger partial charge on any atom is -0.342 e. The molecule has 1 aliphatic rings. The van der Waals surface area contributed by atoms with Gasteiger partial charge in [0.25, 0.3) is 0 Å². The molecule has 0 aliphatic carbocycles. The topological polar surface area (TPSA) is 36.4 Å². The van der Waals surface area contributed by atoms with E-state index in [2.05, 4.69) is 4.98 Å². The van der Waals surface area contributed by atoms with Gasteiger partial charge in [0.2, 0.25) is 5.91 Å². The van der Waals surface area contributed by atoms with E-state index >= 15 is 0 Å². The third-order valence-electron chi connectivity index (χ3n) is 3.07. The van der Waals surface area contributed by atoms with Gasteiger partial charge in [0, 0.05) is 25.2 Å². The quantitative estimate of drug-likeness (QED) is 0.804. The fourth-order valence-corrected chi connectivity index (χ4v) is 3.08. The van der Waals surface area contributed by atoms with E-state index in [4.69, 9.17) is 11.6 Å². The second kappa shape index (κ2) is 4.40. The molecule has 3 rings (SSSR count). The number of hydrogen-bond donors (Lipinski definition) is 0. The van der Waals surface area contributed by atoms with Crippen molar-refractivity contribution in [2.75, 3.05) is 31.6 Å². The normalized spacial score (nSPS) is 16.7. The maximum absolute atomic E-state index is 11.7. The highest BCUT2D eigenvalue weighted by Gasteiger charge is 2.23. The van der Waals surface area contributed by atoms with E-state index in [9.17, 15) is 4.79 Å². The van der Waals surface area contributed by atoms with Crippen LogP contribution in [0.15, 0.2) is 18.2 Å². The largest absolute Gasteiger partial charge is 0.342 e. The van der Waals surface area contributed by atoms with Gasteiger partial charge in [-0.15, -0.1) is 0 Å². The molecule has 0 bridgehead atoms. The van der Waals surface area contributed by atoms with Crippen LogP contribution >= 0.6 is 22.9 Å². The van der Waals surface area contributed by atoms with Crippen molar-refractivity contribution in [3.05, 3.63) is 23.2 Å². The number of carbonyl (C=O) groups excluding carboxylic acids is 1. The molecule has 0 atom stereocenters. The highest BCUT2D eigenvalue weighted by atomic mass is 35.5. The molecule has 6 heteroatoms. The summed E-state index contributed by atoms with van der Waals surface area (Å²) in [6, 6.07) is 5.69. The van der Waals surface area contributed by atoms with E-state index in [1.165, 1.54) is 0 Å². The Balaban J connectivity index is 1.92. The van der Waals surface area contributed by atoms with E-state index in [0.29, 0.717) is 11.6 Å². The molecule has 1 aliphatic heterocycles. The molecular formula is C12H12ClN3OS. The molecule has 4 nitrogen and oxygen atoms in total. The van der Waals surface area contributed by atoms with Gasteiger partial charge in [-0.3, -0.25) is 4.79 Å². The molecule has 1 aromatic carbocycles. The summed E-state index contributed by atoms with van der Waals surface area (Å²) in [6.45, 7) is 1.98. The van der Waals surface area contributed by atoms with Crippen molar-refractivity contribution in [3.63, 3.8) is 0 Å². The number of fused-ring (bicyclic) bond motifs is 1. The molecule has 0 spiro atoms. The number of anilines is 1. The lowest BCUT2D eigenvalue weighted by molar-refractivity contribution is -0.129. The van der Waals surface area contributed by atoms with Crippen molar-refractivity contribution >= 4 is 44.2 Å². The van der Waals surface area contributed by atoms with Crippen LogP contribution in [0, 0.1) is 0 Å². The highest BCUT2D eigenvalue weighted by molar-refractivity contribution is 7.22. The van der Waals surface area contributed by atoms with E-state index in [1.807, 2.05) is 30.1 Å². The number of amides is 1. The second-order valence-electron chi connectivity index (χ2n) is 4.35. The van der Waals surface area contributed by atoms with E-state index in [-0.39, 0.29) is 5.91 Å². The van der Waals surface area contributed by atoms with Crippen molar-refractivity contribution in [1.29, 1.82) is 0 Å². The third kappa shape index (κ3) is 2.04. The van der Waals surface area contributed by atoms with Gasteiger partial charge in [-0.1, -0.05) is 22.9 Å². The monoisotopic (exact) mass is 281 g/mol. The summed E-state index contributed by atoms with van der Waals surface area (Å²) >= 11 is 7.55. The maximum atomic E-state index is 11.7. The predicted molar refractivity (Wildman–Crippen MR) is 74.5 cm³/mol. The number of carbonyl (C=O) groups is 1. The van der Waals surface area contributed by atoms with Crippen LogP contribution in [0.5, 0.6) is 0 Å². The van der Waals surface area contributed by atoms with Gasteiger partial charge in [-0.25, -0.2) is 4.98 Å². The third-order valence-corrected chi connectivity index (χ3v) is 4.40. The molecule has 2 aromatic rings. The van der Waals surface area contributed by atoms with E-state index in [0.717, 1.165) is 28.4 Å². The summed E-state index contributed by atoms with van der Waals surface area (Å²) in [5.41, 5.74) is 0.897. The summed E-state index contributed by atoms with van der Waals surface area (Å²) in [7, 11) is 1.83. The summed E-state index contributed by atoms with van der Waals surface area (Å²) < 4.78 is 1.10. The van der Waals surface area contributed by atoms with Crippen molar-refractivity contribution in [2.24, 2.45) is 0 Å². The van der Waals surface area contributed by atoms with Gasteiger partial charge in [0.05, 0.1) is 16.8 Å². The Morgan fingerprint density at radius 1 is 1.39 bits per heavy atom. The van der Waals surface area contributed by atoms with Gasteiger partial charge >= 0.3 is 0 Å². The molecule has 1 fully saturated rings. The van der Waals surface area contributed by atoms with Crippen LogP contribution in [-0.4, -0.2) is 42.5 Å². The standard InChI is InChI=1S/C12H12ClN3OS/c1-15-4-5-16(7-11(15)17)12-14-9-6-8(13)2-3-10(9)18-12/h2-3,6H,4-5,7H2,1H3. The Hall–Kier alpha value is -1.33. The maximum Gasteiger partial charge on any atom is 0.241 e. The molecule has 0 radical (unpaired) electrons. The number of piperazine rings is 1. The van der Waals surface area contributed by atoms with E-state index < -0.39 is 0 Å². The molecule has 0 unspecified atom stereocenters. The number of aromatic nitrogens is 1. The van der Waals surface area contributed by atoms with Crippen molar-refractivity contribution in [3.8, 4) is 0 Å². The van der Waals surface area contributed by atoms with Crippen molar-refractivity contribution in [1.82, 2.24) is 9.88 Å². The number of likely N-dealkylation sites (N-methyl/N-ethyl adjacent to an activating group) is 1. The Kier molecular flexibility index (Phi) is 2.87. The van der Waals surface area contributed by atoms with Crippen LogP contribution < -0.4 is 4.90 Å². The minimum absolute atomic E-state index is 0.138. The predicted octanol–water partition coefficient (Wildman–Crippen LogP) is 2.23. The smallest absolute Gasteiger partial charge is 0.241 e. The molecule has 1 aromatic heterocycles. The number of hydrogen-bond acceptors (Lipinski definition) is 4. The summed E-state index contributed by atoms with van der Waals surface area (Å²) in [5, 5.41) is 1.59. The van der Waals surface area contributed by atoms with Crippen LogP contribution in [0.3, 0.4) is 0 Å².